The number of rotatable bonds is 6. The van der Waals surface area contributed by atoms with Crippen LogP contribution in [0, 0.1) is 0 Å². The van der Waals surface area contributed by atoms with E-state index in [9.17, 15) is 22.8 Å². The SMILES string of the molecule is CCOC(=O)c1c(NC(=O)c2nn3c(c2Br)N[C@H](c2ccc(OC)cc2)C[C@@H]3C(F)(F)F)sc2c1CCCCC2. The van der Waals surface area contributed by atoms with Crippen molar-refractivity contribution >= 4 is 50.0 Å². The van der Waals surface area contributed by atoms with E-state index in [2.05, 4.69) is 31.7 Å². The Morgan fingerprint density at radius 1 is 1.20 bits per heavy atom. The molecule has 5 rings (SSSR count). The Labute approximate surface area is 241 Å². The van der Waals surface area contributed by atoms with E-state index in [-0.39, 0.29) is 29.0 Å². The van der Waals surface area contributed by atoms with Gasteiger partial charge in [0.25, 0.3) is 5.91 Å². The molecule has 0 bridgehead atoms. The minimum atomic E-state index is -4.61. The van der Waals surface area contributed by atoms with Crippen molar-refractivity contribution in [3.05, 3.63) is 56.0 Å². The lowest BCUT2D eigenvalue weighted by Gasteiger charge is -2.33. The first-order chi connectivity index (χ1) is 19.1. The molecule has 2 aromatic heterocycles. The fourth-order valence-electron chi connectivity index (χ4n) is 5.20. The molecule has 2 aliphatic rings. The second-order valence-corrected chi connectivity index (χ2v) is 11.6. The lowest BCUT2D eigenvalue weighted by Crippen LogP contribution is -2.35. The Morgan fingerprint density at radius 2 is 1.93 bits per heavy atom. The van der Waals surface area contributed by atoms with E-state index in [0.29, 0.717) is 28.3 Å². The first-order valence-electron chi connectivity index (χ1n) is 13.0. The smallest absolute Gasteiger partial charge is 0.410 e. The number of anilines is 2. The molecule has 0 fully saturated rings. The van der Waals surface area contributed by atoms with E-state index in [1.54, 1.807) is 31.2 Å². The maximum atomic E-state index is 14.2. The average molecular weight is 642 g/mol. The number of amides is 1. The van der Waals surface area contributed by atoms with E-state index in [0.717, 1.165) is 40.8 Å². The molecule has 2 atom stereocenters. The predicted molar refractivity (Wildman–Crippen MR) is 148 cm³/mol. The highest BCUT2D eigenvalue weighted by Gasteiger charge is 2.48. The number of aryl methyl sites for hydroxylation is 1. The second-order valence-electron chi connectivity index (χ2n) is 9.66. The van der Waals surface area contributed by atoms with E-state index in [1.807, 2.05) is 0 Å². The van der Waals surface area contributed by atoms with Gasteiger partial charge in [-0.15, -0.1) is 11.3 Å². The monoisotopic (exact) mass is 640 g/mol. The van der Waals surface area contributed by atoms with Crippen LogP contribution in [0.3, 0.4) is 0 Å². The number of hydrogen-bond donors (Lipinski definition) is 2. The van der Waals surface area contributed by atoms with Crippen LogP contribution in [0.5, 0.6) is 5.75 Å². The maximum Gasteiger partial charge on any atom is 0.410 e. The van der Waals surface area contributed by atoms with Gasteiger partial charge < -0.3 is 20.1 Å². The Hall–Kier alpha value is -3.06. The molecule has 1 aliphatic heterocycles. The lowest BCUT2D eigenvalue weighted by molar-refractivity contribution is -0.173. The highest BCUT2D eigenvalue weighted by atomic mass is 79.9. The highest BCUT2D eigenvalue weighted by Crippen LogP contribution is 2.47. The third kappa shape index (κ3) is 5.45. The molecule has 0 radical (unpaired) electrons. The Balaban J connectivity index is 1.49. The normalized spacial score (nSPS) is 18.6. The first-order valence-corrected chi connectivity index (χ1v) is 14.6. The third-order valence-corrected chi connectivity index (χ3v) is 9.12. The maximum absolute atomic E-state index is 14.2. The zero-order valence-electron chi connectivity index (χ0n) is 21.9. The minimum absolute atomic E-state index is 0.0483. The summed E-state index contributed by atoms with van der Waals surface area (Å²) in [6.45, 7) is 1.88. The number of esters is 1. The molecule has 3 aromatic rings. The Morgan fingerprint density at radius 3 is 2.60 bits per heavy atom. The molecule has 1 aromatic carbocycles. The van der Waals surface area contributed by atoms with Crippen LogP contribution >= 0.6 is 27.3 Å². The number of carbonyl (C=O) groups excluding carboxylic acids is 2. The van der Waals surface area contributed by atoms with Gasteiger partial charge in [-0.1, -0.05) is 18.6 Å². The van der Waals surface area contributed by atoms with E-state index in [4.69, 9.17) is 9.47 Å². The van der Waals surface area contributed by atoms with Crippen LogP contribution in [-0.4, -0.2) is 41.5 Å². The number of hydrogen-bond acceptors (Lipinski definition) is 7. The summed E-state index contributed by atoms with van der Waals surface area (Å²) in [5.74, 6) is -0.613. The van der Waals surface area contributed by atoms with Gasteiger partial charge >= 0.3 is 12.1 Å². The number of thiophene rings is 1. The van der Waals surface area contributed by atoms with Crippen molar-refractivity contribution in [2.24, 2.45) is 0 Å². The number of methoxy groups -OCH3 is 1. The van der Waals surface area contributed by atoms with Gasteiger partial charge in [0, 0.05) is 11.3 Å². The first kappa shape index (κ1) is 28.5. The fraction of sp³-hybridized carbons (Fsp3) is 0.444. The number of benzene rings is 1. The summed E-state index contributed by atoms with van der Waals surface area (Å²) in [5.41, 5.74) is 1.62. The van der Waals surface area contributed by atoms with Crippen molar-refractivity contribution < 1.29 is 32.2 Å². The van der Waals surface area contributed by atoms with Gasteiger partial charge in [-0.25, -0.2) is 9.48 Å². The Kier molecular flexibility index (Phi) is 8.14. The van der Waals surface area contributed by atoms with Crippen molar-refractivity contribution in [1.82, 2.24) is 9.78 Å². The predicted octanol–water partition coefficient (Wildman–Crippen LogP) is 7.07. The molecule has 0 unspecified atom stereocenters. The second kappa shape index (κ2) is 11.4. The number of alkyl halides is 3. The van der Waals surface area contributed by atoms with Crippen LogP contribution in [0.4, 0.5) is 24.0 Å². The summed E-state index contributed by atoms with van der Waals surface area (Å²) < 4.78 is 54.0. The summed E-state index contributed by atoms with van der Waals surface area (Å²) in [7, 11) is 1.51. The van der Waals surface area contributed by atoms with Crippen molar-refractivity contribution in [2.75, 3.05) is 24.4 Å². The lowest BCUT2D eigenvalue weighted by atomic mass is 9.97. The molecule has 0 saturated carbocycles. The molecule has 3 heterocycles. The Bertz CT molecular complexity index is 1420. The number of halogens is 4. The van der Waals surface area contributed by atoms with Crippen LogP contribution in [0.1, 0.15) is 81.5 Å². The fourth-order valence-corrected chi connectivity index (χ4v) is 7.03. The van der Waals surface area contributed by atoms with Crippen LogP contribution in [0.2, 0.25) is 0 Å². The molecule has 8 nitrogen and oxygen atoms in total. The van der Waals surface area contributed by atoms with Gasteiger partial charge in [-0.3, -0.25) is 4.79 Å². The molecule has 1 amide bonds. The van der Waals surface area contributed by atoms with Gasteiger partial charge in [0.15, 0.2) is 11.7 Å². The van der Waals surface area contributed by atoms with Crippen LogP contribution in [0.15, 0.2) is 28.7 Å². The number of ether oxygens (including phenoxy) is 2. The van der Waals surface area contributed by atoms with Gasteiger partial charge in [0.2, 0.25) is 0 Å². The molecule has 40 heavy (non-hydrogen) atoms. The molecule has 2 N–H and O–H groups in total. The quantitative estimate of drug-likeness (QED) is 0.221. The standard InChI is InChI=1S/C27H28BrF3N4O4S/c1-3-39-26(37)20-16-7-5-4-6-8-18(16)40-25(20)33-24(36)22-21(28)23-32-17(14-9-11-15(38-2)12-10-14)13-19(27(29,30)31)35(23)34-22/h9-12,17,19,32H,3-8,13H2,1-2H3,(H,33,36)/t17-,19+/m0/s1. The van der Waals surface area contributed by atoms with Crippen molar-refractivity contribution in [1.29, 1.82) is 0 Å². The summed E-state index contributed by atoms with van der Waals surface area (Å²) in [4.78, 5) is 27.4. The average Bonchev–Trinajstić information content (AvgIpc) is 3.34. The molecule has 214 valence electrons. The summed E-state index contributed by atoms with van der Waals surface area (Å²) >= 11 is 4.64. The van der Waals surface area contributed by atoms with E-state index >= 15 is 0 Å². The number of aromatic nitrogens is 2. The van der Waals surface area contributed by atoms with Crippen LogP contribution < -0.4 is 15.4 Å². The molecule has 0 saturated heterocycles. The number of nitrogens with zero attached hydrogens (tertiary/aromatic N) is 2. The molecule has 0 spiro atoms. The minimum Gasteiger partial charge on any atom is -0.497 e. The van der Waals surface area contributed by atoms with Crippen molar-refractivity contribution in [3.63, 3.8) is 0 Å². The van der Waals surface area contributed by atoms with Crippen LogP contribution in [0.25, 0.3) is 0 Å². The summed E-state index contributed by atoms with van der Waals surface area (Å²) in [6, 6.07) is 4.13. The van der Waals surface area contributed by atoms with Gasteiger partial charge in [-0.05, 0) is 71.8 Å². The van der Waals surface area contributed by atoms with E-state index < -0.39 is 30.1 Å². The van der Waals surface area contributed by atoms with Crippen molar-refractivity contribution in [2.45, 2.75) is 63.7 Å². The summed E-state index contributed by atoms with van der Waals surface area (Å²) in [6.07, 6.45) is -0.503. The number of carbonyl (C=O) groups is 2. The molecular formula is C27H28BrF3N4O4S. The van der Waals surface area contributed by atoms with Crippen LogP contribution in [-0.2, 0) is 17.6 Å². The number of fused-ring (bicyclic) bond motifs is 2. The molecular weight excluding hydrogens is 613 g/mol. The van der Waals surface area contributed by atoms with Gasteiger partial charge in [0.05, 0.1) is 29.8 Å². The van der Waals surface area contributed by atoms with E-state index in [1.165, 1.54) is 18.4 Å². The molecule has 1 aliphatic carbocycles. The largest absolute Gasteiger partial charge is 0.497 e. The zero-order chi connectivity index (χ0) is 28.6. The highest BCUT2D eigenvalue weighted by molar-refractivity contribution is 9.10. The van der Waals surface area contributed by atoms with Gasteiger partial charge in [0.1, 0.15) is 16.6 Å². The topological polar surface area (TPSA) is 94.5 Å². The zero-order valence-corrected chi connectivity index (χ0v) is 24.3. The number of nitrogens with one attached hydrogen (secondary N) is 2. The third-order valence-electron chi connectivity index (χ3n) is 7.16. The molecule has 13 heteroatoms. The summed E-state index contributed by atoms with van der Waals surface area (Å²) in [5, 5.41) is 10.3. The van der Waals surface area contributed by atoms with Crippen molar-refractivity contribution in [3.8, 4) is 5.75 Å². The van der Waals surface area contributed by atoms with Gasteiger partial charge in [-0.2, -0.15) is 18.3 Å².